The van der Waals surface area contributed by atoms with Gasteiger partial charge in [0.15, 0.2) is 5.82 Å². The molecule has 3 heterocycles. The average Bonchev–Trinajstić information content (AvgIpc) is 2.79. The molecule has 1 fully saturated rings. The van der Waals surface area contributed by atoms with Crippen molar-refractivity contribution in [2.75, 3.05) is 31.1 Å². The Hall–Kier alpha value is -3.02. The first-order valence-corrected chi connectivity index (χ1v) is 10.5. The summed E-state index contributed by atoms with van der Waals surface area (Å²) >= 11 is 6.14. The van der Waals surface area contributed by atoms with Crippen LogP contribution in [-0.2, 0) is 6.54 Å². The maximum Gasteiger partial charge on any atom is 0.163 e. The minimum Gasteiger partial charge on any atom is -0.353 e. The lowest BCUT2D eigenvalue weighted by Crippen LogP contribution is -2.46. The molecule has 30 heavy (non-hydrogen) atoms. The summed E-state index contributed by atoms with van der Waals surface area (Å²) in [5.41, 5.74) is 3.15. The third-order valence-corrected chi connectivity index (χ3v) is 5.70. The number of rotatable bonds is 4. The first kappa shape index (κ1) is 19.0. The molecule has 1 aliphatic heterocycles. The van der Waals surface area contributed by atoms with Gasteiger partial charge in [-0.3, -0.25) is 9.88 Å². The number of benzene rings is 2. The zero-order valence-electron chi connectivity index (χ0n) is 16.6. The summed E-state index contributed by atoms with van der Waals surface area (Å²) in [5, 5.41) is 1.88. The third kappa shape index (κ3) is 3.99. The zero-order valence-corrected chi connectivity index (χ0v) is 17.3. The van der Waals surface area contributed by atoms with Gasteiger partial charge in [-0.1, -0.05) is 35.9 Å². The molecular formula is C24H22ClN5. The van der Waals surface area contributed by atoms with Crippen LogP contribution in [0.1, 0.15) is 5.56 Å². The van der Waals surface area contributed by atoms with Gasteiger partial charge in [-0.15, -0.1) is 0 Å². The monoisotopic (exact) mass is 415 g/mol. The number of pyridine rings is 1. The standard InChI is InChI=1S/C24H22ClN5/c25-20-7-3-5-18(15-20)17-29-11-13-30(14-12-29)24-21-8-1-2-9-22(21)27-23(28-24)19-6-4-10-26-16-19/h1-10,15-16H,11-14,17H2. The van der Waals surface area contributed by atoms with Crippen LogP contribution >= 0.6 is 11.6 Å². The Labute approximate surface area is 181 Å². The molecular weight excluding hydrogens is 394 g/mol. The number of nitrogens with zero attached hydrogens (tertiary/aromatic N) is 5. The summed E-state index contributed by atoms with van der Waals surface area (Å²) in [6.07, 6.45) is 3.58. The van der Waals surface area contributed by atoms with Gasteiger partial charge >= 0.3 is 0 Å². The van der Waals surface area contributed by atoms with Crippen LogP contribution in [0.25, 0.3) is 22.3 Å². The number of anilines is 1. The van der Waals surface area contributed by atoms with Crippen LogP contribution in [0, 0.1) is 0 Å². The highest BCUT2D eigenvalue weighted by Crippen LogP contribution is 2.28. The SMILES string of the molecule is Clc1cccc(CN2CCN(c3nc(-c4cccnc4)nc4ccccc34)CC2)c1. The maximum atomic E-state index is 6.14. The van der Waals surface area contributed by atoms with Crippen LogP contribution < -0.4 is 4.90 Å². The molecule has 5 nitrogen and oxygen atoms in total. The van der Waals surface area contributed by atoms with Crippen LogP contribution in [0.3, 0.4) is 0 Å². The fraction of sp³-hybridized carbons (Fsp3) is 0.208. The third-order valence-electron chi connectivity index (χ3n) is 5.47. The Kier molecular flexibility index (Phi) is 5.30. The van der Waals surface area contributed by atoms with Gasteiger partial charge in [0.25, 0.3) is 0 Å². The van der Waals surface area contributed by atoms with Crippen molar-refractivity contribution in [1.29, 1.82) is 0 Å². The van der Waals surface area contributed by atoms with E-state index in [1.807, 2.05) is 48.7 Å². The summed E-state index contributed by atoms with van der Waals surface area (Å²) in [4.78, 5) is 18.8. The van der Waals surface area contributed by atoms with E-state index in [0.29, 0.717) is 0 Å². The smallest absolute Gasteiger partial charge is 0.163 e. The summed E-state index contributed by atoms with van der Waals surface area (Å²) in [7, 11) is 0. The van der Waals surface area contributed by atoms with Gasteiger partial charge in [0.2, 0.25) is 0 Å². The summed E-state index contributed by atoms with van der Waals surface area (Å²) < 4.78 is 0. The van der Waals surface area contributed by atoms with Crippen molar-refractivity contribution in [1.82, 2.24) is 19.9 Å². The fourth-order valence-corrected chi connectivity index (χ4v) is 4.15. The number of halogens is 1. The molecule has 0 spiro atoms. The van der Waals surface area contributed by atoms with E-state index in [2.05, 4.69) is 33.0 Å². The molecule has 0 amide bonds. The Morgan fingerprint density at radius 1 is 0.867 bits per heavy atom. The van der Waals surface area contributed by atoms with Gasteiger partial charge in [-0.2, -0.15) is 0 Å². The van der Waals surface area contributed by atoms with E-state index in [9.17, 15) is 0 Å². The average molecular weight is 416 g/mol. The van der Waals surface area contributed by atoms with Gasteiger partial charge in [0.1, 0.15) is 5.82 Å². The number of aromatic nitrogens is 3. The molecule has 4 aromatic rings. The van der Waals surface area contributed by atoms with Crippen LogP contribution in [0.5, 0.6) is 0 Å². The highest BCUT2D eigenvalue weighted by Gasteiger charge is 2.21. The highest BCUT2D eigenvalue weighted by atomic mass is 35.5. The molecule has 2 aromatic heterocycles. The van der Waals surface area contributed by atoms with E-state index >= 15 is 0 Å². The van der Waals surface area contributed by atoms with Crippen molar-refractivity contribution in [3.8, 4) is 11.4 Å². The van der Waals surface area contributed by atoms with Crippen LogP contribution in [0.15, 0.2) is 73.1 Å². The zero-order chi connectivity index (χ0) is 20.3. The molecule has 0 aliphatic carbocycles. The van der Waals surface area contributed by atoms with Crippen LogP contribution in [-0.4, -0.2) is 46.0 Å². The van der Waals surface area contributed by atoms with Gasteiger partial charge in [0, 0.05) is 61.1 Å². The van der Waals surface area contributed by atoms with E-state index in [4.69, 9.17) is 21.6 Å². The second kappa shape index (κ2) is 8.38. The van der Waals surface area contributed by atoms with Gasteiger partial charge in [-0.05, 0) is 42.0 Å². The lowest BCUT2D eigenvalue weighted by molar-refractivity contribution is 0.249. The molecule has 0 N–H and O–H groups in total. The first-order valence-electron chi connectivity index (χ1n) is 10.2. The topological polar surface area (TPSA) is 45.2 Å². The molecule has 0 unspecified atom stereocenters. The Bertz CT molecular complexity index is 1160. The molecule has 2 aromatic carbocycles. The minimum absolute atomic E-state index is 0.721. The Balaban J connectivity index is 1.40. The van der Waals surface area contributed by atoms with Crippen molar-refractivity contribution in [3.05, 3.63) is 83.6 Å². The summed E-state index contributed by atoms with van der Waals surface area (Å²) in [6, 6.07) is 20.3. The summed E-state index contributed by atoms with van der Waals surface area (Å²) in [5.74, 6) is 1.72. The van der Waals surface area contributed by atoms with E-state index < -0.39 is 0 Å². The van der Waals surface area contributed by atoms with Gasteiger partial charge < -0.3 is 4.90 Å². The fourth-order valence-electron chi connectivity index (χ4n) is 3.94. The largest absolute Gasteiger partial charge is 0.353 e. The molecule has 1 aliphatic rings. The van der Waals surface area contributed by atoms with Crippen molar-refractivity contribution >= 4 is 28.3 Å². The van der Waals surface area contributed by atoms with Crippen molar-refractivity contribution in [2.24, 2.45) is 0 Å². The minimum atomic E-state index is 0.721. The lowest BCUT2D eigenvalue weighted by atomic mass is 10.1. The van der Waals surface area contributed by atoms with Crippen LogP contribution in [0.4, 0.5) is 5.82 Å². The number of piperazine rings is 1. The van der Waals surface area contributed by atoms with E-state index in [0.717, 1.165) is 65.9 Å². The molecule has 5 rings (SSSR count). The van der Waals surface area contributed by atoms with Gasteiger partial charge in [-0.25, -0.2) is 9.97 Å². The Morgan fingerprint density at radius 3 is 2.53 bits per heavy atom. The molecule has 0 bridgehead atoms. The highest BCUT2D eigenvalue weighted by molar-refractivity contribution is 6.30. The number of para-hydroxylation sites is 1. The van der Waals surface area contributed by atoms with Crippen molar-refractivity contribution < 1.29 is 0 Å². The molecule has 6 heteroatoms. The van der Waals surface area contributed by atoms with Crippen molar-refractivity contribution in [2.45, 2.75) is 6.54 Å². The quantitative estimate of drug-likeness (QED) is 0.484. The molecule has 150 valence electrons. The molecule has 0 radical (unpaired) electrons. The van der Waals surface area contributed by atoms with Crippen LogP contribution in [0.2, 0.25) is 5.02 Å². The molecule has 0 saturated carbocycles. The maximum absolute atomic E-state index is 6.14. The van der Waals surface area contributed by atoms with E-state index in [-0.39, 0.29) is 0 Å². The second-order valence-electron chi connectivity index (χ2n) is 7.52. The normalized spacial score (nSPS) is 14.9. The van der Waals surface area contributed by atoms with E-state index in [1.165, 1.54) is 5.56 Å². The summed E-state index contributed by atoms with van der Waals surface area (Å²) in [6.45, 7) is 4.72. The second-order valence-corrected chi connectivity index (χ2v) is 7.96. The molecule has 0 atom stereocenters. The Morgan fingerprint density at radius 2 is 1.73 bits per heavy atom. The molecule has 1 saturated heterocycles. The first-order chi connectivity index (χ1) is 14.8. The predicted molar refractivity (Wildman–Crippen MR) is 122 cm³/mol. The predicted octanol–water partition coefficient (Wildman–Crippen LogP) is 4.67. The lowest BCUT2D eigenvalue weighted by Gasteiger charge is -2.36. The number of hydrogen-bond acceptors (Lipinski definition) is 5. The van der Waals surface area contributed by atoms with Crippen molar-refractivity contribution in [3.63, 3.8) is 0 Å². The number of fused-ring (bicyclic) bond motifs is 1. The van der Waals surface area contributed by atoms with Gasteiger partial charge in [0.05, 0.1) is 5.52 Å². The van der Waals surface area contributed by atoms with E-state index in [1.54, 1.807) is 6.20 Å². The number of hydrogen-bond donors (Lipinski definition) is 0.